The zero-order valence-corrected chi connectivity index (χ0v) is 12.6. The normalized spacial score (nSPS) is 13.1. The van der Waals surface area contributed by atoms with Crippen LogP contribution in [0.3, 0.4) is 0 Å². The van der Waals surface area contributed by atoms with Crippen LogP contribution < -0.4 is 22.9 Å². The summed E-state index contributed by atoms with van der Waals surface area (Å²) in [6, 6.07) is -2.84. The quantitative estimate of drug-likeness (QED) is 0.225. The van der Waals surface area contributed by atoms with Crippen LogP contribution >= 0.6 is 0 Å². The number of carboxylic acid groups (broad SMARTS) is 3. The molecule has 0 aromatic heterocycles. The summed E-state index contributed by atoms with van der Waals surface area (Å²) in [5, 5.41) is 32.0. The highest BCUT2D eigenvalue weighted by molar-refractivity contribution is 5.77. The summed E-state index contributed by atoms with van der Waals surface area (Å²) in [6.45, 7) is 0.914. The van der Waals surface area contributed by atoms with E-state index in [2.05, 4.69) is 0 Å². The number of hydrogen-bond acceptors (Lipinski definition) is 8. The van der Waals surface area contributed by atoms with Gasteiger partial charge in [-0.15, -0.1) is 0 Å². The predicted octanol–water partition coefficient (Wildman–Crippen LogP) is -3.53. The van der Waals surface area contributed by atoms with Crippen molar-refractivity contribution in [3.8, 4) is 0 Å². The van der Waals surface area contributed by atoms with E-state index < -0.39 is 48.5 Å². The van der Waals surface area contributed by atoms with Gasteiger partial charge >= 0.3 is 17.9 Å². The number of carbonyl (C=O) groups excluding carboxylic acids is 1. The molecule has 0 aliphatic heterocycles. The minimum absolute atomic E-state index is 0.0213. The van der Waals surface area contributed by atoms with Gasteiger partial charge in [0.25, 0.3) is 0 Å². The van der Waals surface area contributed by atoms with E-state index >= 15 is 0 Å². The zero-order chi connectivity index (χ0) is 19.2. The maximum atomic E-state index is 10.1. The third kappa shape index (κ3) is 22.1. The Morgan fingerprint density at radius 3 is 1.35 bits per heavy atom. The van der Waals surface area contributed by atoms with Crippen molar-refractivity contribution in [3.05, 3.63) is 0 Å². The molecule has 0 bridgehead atoms. The molecule has 12 nitrogen and oxygen atoms in total. The lowest BCUT2D eigenvalue weighted by atomic mass is 10.2. The molecule has 0 fully saturated rings. The van der Waals surface area contributed by atoms with E-state index in [0.29, 0.717) is 0 Å². The van der Waals surface area contributed by atoms with E-state index in [1.165, 1.54) is 6.92 Å². The Balaban J connectivity index is -0.000000272. The summed E-state index contributed by atoms with van der Waals surface area (Å²) in [4.78, 5) is 39.4. The molecule has 1 amide bonds. The van der Waals surface area contributed by atoms with Crippen molar-refractivity contribution in [2.75, 3.05) is 6.61 Å². The van der Waals surface area contributed by atoms with Crippen molar-refractivity contribution < 1.29 is 39.6 Å². The summed E-state index contributed by atoms with van der Waals surface area (Å²) >= 11 is 0. The van der Waals surface area contributed by atoms with E-state index in [1.807, 2.05) is 0 Å². The van der Waals surface area contributed by atoms with Gasteiger partial charge in [-0.1, -0.05) is 0 Å². The van der Waals surface area contributed by atoms with Crippen molar-refractivity contribution in [3.63, 3.8) is 0 Å². The standard InChI is InChI=1S/C5H10N2O3.C3H7NO3.C3H7NO2/c6-3(5(9)10)1-2-4(7)8;4-2(1-5)3(6)7;1-2(4)3(5)6/h3H,1-2,6H2,(H2,7,8)(H,9,10);2,5H,1,4H2,(H,6,7);2H,4H2,1H3,(H,5,6)/t3-;2*2-/m000/s1. The van der Waals surface area contributed by atoms with Crippen LogP contribution in [0.1, 0.15) is 19.8 Å². The largest absolute Gasteiger partial charge is 0.480 e. The summed E-state index contributed by atoms with van der Waals surface area (Å²) in [7, 11) is 0. The van der Waals surface area contributed by atoms with E-state index in [9.17, 15) is 19.2 Å². The lowest BCUT2D eigenvalue weighted by Crippen LogP contribution is -2.33. The molecule has 0 aliphatic carbocycles. The number of carbonyl (C=O) groups is 4. The van der Waals surface area contributed by atoms with Crippen LogP contribution in [0.4, 0.5) is 0 Å². The maximum absolute atomic E-state index is 10.1. The second-order valence-electron chi connectivity index (χ2n) is 4.20. The molecule has 136 valence electrons. The van der Waals surface area contributed by atoms with Crippen LogP contribution in [0.25, 0.3) is 0 Å². The van der Waals surface area contributed by atoms with Crippen molar-refractivity contribution >= 4 is 23.8 Å². The van der Waals surface area contributed by atoms with E-state index in [0.717, 1.165) is 0 Å². The molecule has 0 heterocycles. The molecule has 23 heavy (non-hydrogen) atoms. The highest BCUT2D eigenvalue weighted by Gasteiger charge is 2.11. The molecule has 12 heteroatoms. The monoisotopic (exact) mass is 340 g/mol. The third-order valence-electron chi connectivity index (χ3n) is 1.92. The Kier molecular flexibility index (Phi) is 16.3. The maximum Gasteiger partial charge on any atom is 0.322 e. The fourth-order valence-corrected chi connectivity index (χ4v) is 0.499. The van der Waals surface area contributed by atoms with E-state index in [4.69, 9.17) is 43.4 Å². The number of primary amides is 1. The molecule has 0 saturated heterocycles. The van der Waals surface area contributed by atoms with Crippen molar-refractivity contribution in [2.45, 2.75) is 37.9 Å². The smallest absolute Gasteiger partial charge is 0.322 e. The van der Waals surface area contributed by atoms with E-state index in [-0.39, 0.29) is 12.8 Å². The molecule has 0 rings (SSSR count). The van der Waals surface area contributed by atoms with E-state index in [1.54, 1.807) is 0 Å². The first-order valence-corrected chi connectivity index (χ1v) is 6.21. The predicted molar refractivity (Wildman–Crippen MR) is 78.0 cm³/mol. The van der Waals surface area contributed by atoms with Crippen LogP contribution in [0.15, 0.2) is 0 Å². The first-order valence-electron chi connectivity index (χ1n) is 6.21. The van der Waals surface area contributed by atoms with Crippen LogP contribution in [0.2, 0.25) is 0 Å². The zero-order valence-electron chi connectivity index (χ0n) is 12.6. The average Bonchev–Trinajstić information content (AvgIpc) is 2.44. The molecule has 0 aliphatic rings. The molecular weight excluding hydrogens is 316 g/mol. The second-order valence-corrected chi connectivity index (χ2v) is 4.20. The van der Waals surface area contributed by atoms with Crippen molar-refractivity contribution in [2.24, 2.45) is 22.9 Å². The molecule has 0 spiro atoms. The third-order valence-corrected chi connectivity index (χ3v) is 1.92. The number of aliphatic hydroxyl groups excluding tert-OH is 1. The molecule has 0 unspecified atom stereocenters. The van der Waals surface area contributed by atoms with Gasteiger partial charge < -0.3 is 43.4 Å². The molecule has 0 aromatic carbocycles. The Morgan fingerprint density at radius 1 is 0.870 bits per heavy atom. The van der Waals surface area contributed by atoms with Gasteiger partial charge in [-0.05, 0) is 13.3 Å². The van der Waals surface area contributed by atoms with Crippen molar-refractivity contribution in [1.29, 1.82) is 0 Å². The fourth-order valence-electron chi connectivity index (χ4n) is 0.499. The average molecular weight is 340 g/mol. The van der Waals surface area contributed by atoms with Gasteiger partial charge in [0, 0.05) is 6.42 Å². The van der Waals surface area contributed by atoms with Crippen LogP contribution in [0, 0.1) is 0 Å². The van der Waals surface area contributed by atoms with Crippen molar-refractivity contribution in [1.82, 2.24) is 0 Å². The highest BCUT2D eigenvalue weighted by Crippen LogP contribution is 1.92. The minimum Gasteiger partial charge on any atom is -0.480 e. The summed E-state index contributed by atoms with van der Waals surface area (Å²) in [5.74, 6) is -3.78. The second kappa shape index (κ2) is 14.6. The number of hydrogen-bond donors (Lipinski definition) is 8. The van der Waals surface area contributed by atoms with Gasteiger partial charge in [-0.3, -0.25) is 19.2 Å². The number of amides is 1. The Bertz CT molecular complexity index is 388. The van der Waals surface area contributed by atoms with Gasteiger partial charge in [0.05, 0.1) is 6.61 Å². The van der Waals surface area contributed by atoms with Gasteiger partial charge in [0.2, 0.25) is 5.91 Å². The van der Waals surface area contributed by atoms with Crippen LogP contribution in [-0.2, 0) is 19.2 Å². The first kappa shape index (κ1) is 25.7. The number of nitrogens with two attached hydrogens (primary N) is 4. The van der Waals surface area contributed by atoms with Crippen LogP contribution in [-0.4, -0.2) is 69.0 Å². The minimum atomic E-state index is -1.18. The number of aliphatic carboxylic acids is 3. The molecule has 0 aromatic rings. The number of carboxylic acids is 3. The lowest BCUT2D eigenvalue weighted by Gasteiger charge is -2.01. The summed E-state index contributed by atoms with van der Waals surface area (Å²) in [5.41, 5.74) is 19.4. The Morgan fingerprint density at radius 2 is 1.22 bits per heavy atom. The Labute approximate surface area is 132 Å². The van der Waals surface area contributed by atoms with Gasteiger partial charge in [0.15, 0.2) is 0 Å². The fraction of sp³-hybridized carbons (Fsp3) is 0.636. The summed E-state index contributed by atoms with van der Waals surface area (Å²) < 4.78 is 0. The molecular formula is C11H24N4O8. The number of aliphatic hydroxyl groups is 1. The first-order chi connectivity index (χ1) is 10.4. The topological polar surface area (TPSA) is 253 Å². The molecule has 0 saturated carbocycles. The number of rotatable bonds is 7. The van der Waals surface area contributed by atoms with Crippen LogP contribution in [0.5, 0.6) is 0 Å². The lowest BCUT2D eigenvalue weighted by molar-refractivity contribution is -0.140. The van der Waals surface area contributed by atoms with Gasteiger partial charge in [-0.2, -0.15) is 0 Å². The molecule has 0 radical (unpaired) electrons. The molecule has 3 atom stereocenters. The van der Waals surface area contributed by atoms with Gasteiger partial charge in [-0.25, -0.2) is 0 Å². The Hall–Kier alpha value is -2.28. The summed E-state index contributed by atoms with van der Waals surface area (Å²) in [6.07, 6.45) is 0.123. The van der Waals surface area contributed by atoms with Gasteiger partial charge in [0.1, 0.15) is 18.1 Å². The molecule has 12 N–H and O–H groups in total. The SMILES string of the molecule is C[C@H](N)C(=O)O.NC(=O)CC[C@H](N)C(=O)O.N[C@@H](CO)C(=O)O. The highest BCUT2D eigenvalue weighted by atomic mass is 16.4.